The Hall–Kier alpha value is -0.130. The second-order valence-corrected chi connectivity index (χ2v) is 5.82. The monoisotopic (exact) mass is 320 g/mol. The molecule has 2 nitrogen and oxygen atoms in total. The lowest BCUT2D eigenvalue weighted by Crippen LogP contribution is -2.07. The van der Waals surface area contributed by atoms with Crippen LogP contribution in [0.4, 0.5) is 0 Å². The molecule has 1 aromatic rings. The van der Waals surface area contributed by atoms with Crippen molar-refractivity contribution in [3.8, 4) is 0 Å². The molecule has 0 radical (unpaired) electrons. The van der Waals surface area contributed by atoms with Gasteiger partial charge >= 0.3 is 5.97 Å². The predicted molar refractivity (Wildman–Crippen MR) is 73.8 cm³/mol. The fourth-order valence-electron chi connectivity index (χ4n) is 1.33. The normalized spacial score (nSPS) is 12.5. The molecule has 5 heteroatoms. The Labute approximate surface area is 112 Å². The number of thioether (sulfide) groups is 2. The summed E-state index contributed by atoms with van der Waals surface area (Å²) in [4.78, 5) is 13.2. The lowest BCUT2D eigenvalue weighted by Gasteiger charge is -2.13. The van der Waals surface area contributed by atoms with Crippen LogP contribution < -0.4 is 0 Å². The third-order valence-corrected chi connectivity index (χ3v) is 4.95. The molecule has 0 spiro atoms. The first-order chi connectivity index (χ1) is 7.51. The first-order valence-electron chi connectivity index (χ1n) is 4.65. The number of carboxylic acid groups (broad SMARTS) is 1. The highest BCUT2D eigenvalue weighted by Crippen LogP contribution is 2.37. The minimum Gasteiger partial charge on any atom is -0.481 e. The average molecular weight is 321 g/mol. The van der Waals surface area contributed by atoms with Gasteiger partial charge in [-0.2, -0.15) is 0 Å². The van der Waals surface area contributed by atoms with Crippen molar-refractivity contribution in [1.29, 1.82) is 0 Å². The standard InChI is InChI=1S/C11H13BrO2S2/c1-6(11(13)14)7-4-8(12)10(16-3)9(5-7)15-2/h4-6H,1-3H3,(H,13,14). The zero-order valence-electron chi connectivity index (χ0n) is 9.28. The van der Waals surface area contributed by atoms with Gasteiger partial charge in [-0.05, 0) is 53.1 Å². The van der Waals surface area contributed by atoms with Crippen molar-refractivity contribution in [3.05, 3.63) is 22.2 Å². The smallest absolute Gasteiger partial charge is 0.310 e. The van der Waals surface area contributed by atoms with Gasteiger partial charge < -0.3 is 5.11 Å². The number of carbonyl (C=O) groups is 1. The van der Waals surface area contributed by atoms with Crippen molar-refractivity contribution in [2.24, 2.45) is 0 Å². The summed E-state index contributed by atoms with van der Waals surface area (Å²) in [6.07, 6.45) is 4.01. The molecule has 1 N–H and O–H groups in total. The van der Waals surface area contributed by atoms with E-state index in [1.54, 1.807) is 30.4 Å². The van der Waals surface area contributed by atoms with Crippen molar-refractivity contribution < 1.29 is 9.90 Å². The molecule has 16 heavy (non-hydrogen) atoms. The Bertz CT molecular complexity index is 407. The van der Waals surface area contributed by atoms with Gasteiger partial charge in [-0.25, -0.2) is 0 Å². The van der Waals surface area contributed by atoms with Gasteiger partial charge in [0, 0.05) is 14.3 Å². The third-order valence-electron chi connectivity index (χ3n) is 2.33. The maximum Gasteiger partial charge on any atom is 0.310 e. The number of rotatable bonds is 4. The molecule has 0 saturated carbocycles. The van der Waals surface area contributed by atoms with Crippen molar-refractivity contribution in [2.45, 2.75) is 22.6 Å². The van der Waals surface area contributed by atoms with Crippen LogP contribution in [0.1, 0.15) is 18.4 Å². The highest BCUT2D eigenvalue weighted by Gasteiger charge is 2.17. The van der Waals surface area contributed by atoms with Gasteiger partial charge in [0.2, 0.25) is 0 Å². The van der Waals surface area contributed by atoms with E-state index in [4.69, 9.17) is 5.11 Å². The molecule has 0 aromatic heterocycles. The molecule has 1 atom stereocenters. The molecule has 0 fully saturated rings. The van der Waals surface area contributed by atoms with Gasteiger partial charge in [0.25, 0.3) is 0 Å². The molecule has 0 bridgehead atoms. The Morgan fingerprint density at radius 2 is 2.00 bits per heavy atom. The molecule has 88 valence electrons. The minimum atomic E-state index is -0.796. The van der Waals surface area contributed by atoms with Crippen LogP contribution in [-0.2, 0) is 4.79 Å². The second-order valence-electron chi connectivity index (χ2n) is 3.30. The molecule has 1 rings (SSSR count). The maximum absolute atomic E-state index is 10.9. The molecule has 0 aliphatic carbocycles. The van der Waals surface area contributed by atoms with Crippen LogP contribution in [0.3, 0.4) is 0 Å². The number of benzene rings is 1. The molecule has 1 unspecified atom stereocenters. The fourth-order valence-corrected chi connectivity index (χ4v) is 3.99. The highest BCUT2D eigenvalue weighted by molar-refractivity contribution is 9.10. The predicted octanol–water partition coefficient (Wildman–Crippen LogP) is 4.08. The lowest BCUT2D eigenvalue weighted by molar-refractivity contribution is -0.138. The van der Waals surface area contributed by atoms with Gasteiger partial charge in [-0.3, -0.25) is 4.79 Å². The van der Waals surface area contributed by atoms with Crippen molar-refractivity contribution in [1.82, 2.24) is 0 Å². The van der Waals surface area contributed by atoms with Crippen LogP contribution in [-0.4, -0.2) is 23.6 Å². The molecular formula is C11H13BrO2S2. The number of aliphatic carboxylic acids is 1. The molecule has 0 aliphatic rings. The van der Waals surface area contributed by atoms with E-state index in [2.05, 4.69) is 15.9 Å². The van der Waals surface area contributed by atoms with E-state index in [9.17, 15) is 4.79 Å². The van der Waals surface area contributed by atoms with Gasteiger partial charge in [0.15, 0.2) is 0 Å². The SMILES string of the molecule is CSc1cc(C(C)C(=O)O)cc(Br)c1SC. The summed E-state index contributed by atoms with van der Waals surface area (Å²) in [5, 5.41) is 8.99. The van der Waals surface area contributed by atoms with Crippen LogP contribution in [0, 0.1) is 0 Å². The largest absolute Gasteiger partial charge is 0.481 e. The molecule has 0 heterocycles. The lowest BCUT2D eigenvalue weighted by atomic mass is 10.0. The average Bonchev–Trinajstić information content (AvgIpc) is 2.26. The third kappa shape index (κ3) is 2.96. The Morgan fingerprint density at radius 1 is 1.38 bits per heavy atom. The van der Waals surface area contributed by atoms with Gasteiger partial charge in [0.1, 0.15) is 0 Å². The maximum atomic E-state index is 10.9. The molecular weight excluding hydrogens is 308 g/mol. The van der Waals surface area contributed by atoms with Crippen LogP contribution in [0.5, 0.6) is 0 Å². The summed E-state index contributed by atoms with van der Waals surface area (Å²) in [7, 11) is 0. The quantitative estimate of drug-likeness (QED) is 0.848. The van der Waals surface area contributed by atoms with E-state index in [1.165, 1.54) is 0 Å². The summed E-state index contributed by atoms with van der Waals surface area (Å²) >= 11 is 6.78. The van der Waals surface area contributed by atoms with Gasteiger partial charge in [-0.15, -0.1) is 23.5 Å². The van der Waals surface area contributed by atoms with Crippen LogP contribution in [0.25, 0.3) is 0 Å². The van der Waals surface area contributed by atoms with Crippen molar-refractivity contribution in [2.75, 3.05) is 12.5 Å². The zero-order valence-corrected chi connectivity index (χ0v) is 12.5. The van der Waals surface area contributed by atoms with Gasteiger partial charge in [-0.1, -0.05) is 0 Å². The first kappa shape index (κ1) is 13.9. The second kappa shape index (κ2) is 5.98. The van der Waals surface area contributed by atoms with Crippen molar-refractivity contribution in [3.63, 3.8) is 0 Å². The number of hydrogen-bond donors (Lipinski definition) is 1. The summed E-state index contributed by atoms with van der Waals surface area (Å²) in [6, 6.07) is 3.85. The Kier molecular flexibility index (Phi) is 5.21. The van der Waals surface area contributed by atoms with E-state index >= 15 is 0 Å². The molecule has 0 amide bonds. The first-order valence-corrected chi connectivity index (χ1v) is 7.89. The molecule has 1 aromatic carbocycles. The summed E-state index contributed by atoms with van der Waals surface area (Å²) in [5.41, 5.74) is 0.835. The van der Waals surface area contributed by atoms with E-state index in [0.717, 1.165) is 19.8 Å². The van der Waals surface area contributed by atoms with Crippen LogP contribution in [0.15, 0.2) is 26.4 Å². The molecule has 0 aliphatic heterocycles. The fraction of sp³-hybridized carbons (Fsp3) is 0.364. The summed E-state index contributed by atoms with van der Waals surface area (Å²) in [5.74, 6) is -1.27. The Morgan fingerprint density at radius 3 is 2.44 bits per heavy atom. The number of carboxylic acids is 1. The van der Waals surface area contributed by atoms with Crippen LogP contribution >= 0.6 is 39.5 Å². The minimum absolute atomic E-state index is 0.474. The zero-order chi connectivity index (χ0) is 12.3. The Balaban J connectivity index is 3.25. The van der Waals surface area contributed by atoms with Gasteiger partial charge in [0.05, 0.1) is 5.92 Å². The highest BCUT2D eigenvalue weighted by atomic mass is 79.9. The van der Waals surface area contributed by atoms with Crippen LogP contribution in [0.2, 0.25) is 0 Å². The van der Waals surface area contributed by atoms with E-state index in [-0.39, 0.29) is 0 Å². The van der Waals surface area contributed by atoms with E-state index in [1.807, 2.05) is 24.6 Å². The van der Waals surface area contributed by atoms with E-state index in [0.29, 0.717) is 0 Å². The van der Waals surface area contributed by atoms with E-state index < -0.39 is 11.9 Å². The molecule has 0 saturated heterocycles. The number of halogens is 1. The summed E-state index contributed by atoms with van der Waals surface area (Å²) in [6.45, 7) is 1.70. The van der Waals surface area contributed by atoms with Crippen molar-refractivity contribution >= 4 is 45.4 Å². The summed E-state index contributed by atoms with van der Waals surface area (Å²) < 4.78 is 0.968. The topological polar surface area (TPSA) is 37.3 Å². The number of hydrogen-bond acceptors (Lipinski definition) is 3.